The second-order valence-electron chi connectivity index (χ2n) is 5.31. The third kappa shape index (κ3) is 2.94. The Morgan fingerprint density at radius 2 is 2.13 bits per heavy atom. The molecule has 1 amide bonds. The molecule has 2 fully saturated rings. The van der Waals surface area contributed by atoms with E-state index in [0.29, 0.717) is 23.7 Å². The van der Waals surface area contributed by atoms with Crippen LogP contribution in [0.2, 0.25) is 0 Å². The van der Waals surface area contributed by atoms with Crippen LogP contribution < -0.4 is 5.32 Å². The standard InChI is InChI=1S/C12H22N2O/c1-9-8-14(2)6-5-11(9)7-13-12(15)10-3-4-10/h9-11H,3-8H2,1-2H3,(H,13,15). The van der Waals surface area contributed by atoms with Crippen molar-refractivity contribution < 1.29 is 4.79 Å². The first-order chi connectivity index (χ1) is 7.16. The SMILES string of the molecule is CC1CN(C)CCC1CNC(=O)C1CC1. The van der Waals surface area contributed by atoms with Gasteiger partial charge in [-0.2, -0.15) is 0 Å². The van der Waals surface area contributed by atoms with Crippen molar-refractivity contribution >= 4 is 5.91 Å². The molecule has 15 heavy (non-hydrogen) atoms. The maximum absolute atomic E-state index is 11.5. The number of hydrogen-bond acceptors (Lipinski definition) is 2. The lowest BCUT2D eigenvalue weighted by Crippen LogP contribution is -2.42. The van der Waals surface area contributed by atoms with E-state index >= 15 is 0 Å². The highest BCUT2D eigenvalue weighted by Crippen LogP contribution is 2.29. The minimum Gasteiger partial charge on any atom is -0.356 e. The van der Waals surface area contributed by atoms with E-state index in [4.69, 9.17) is 0 Å². The van der Waals surface area contributed by atoms with E-state index in [1.54, 1.807) is 0 Å². The fourth-order valence-corrected chi connectivity index (χ4v) is 2.43. The third-order valence-electron chi connectivity index (χ3n) is 3.77. The summed E-state index contributed by atoms with van der Waals surface area (Å²) in [6.07, 6.45) is 3.44. The molecule has 1 heterocycles. The summed E-state index contributed by atoms with van der Waals surface area (Å²) in [5.41, 5.74) is 0. The fourth-order valence-electron chi connectivity index (χ4n) is 2.43. The molecule has 0 spiro atoms. The average Bonchev–Trinajstić information content (AvgIpc) is 2.99. The zero-order valence-electron chi connectivity index (χ0n) is 9.83. The fraction of sp³-hybridized carbons (Fsp3) is 0.917. The molecule has 3 nitrogen and oxygen atoms in total. The van der Waals surface area contributed by atoms with E-state index < -0.39 is 0 Å². The van der Waals surface area contributed by atoms with Crippen LogP contribution in [0.1, 0.15) is 26.2 Å². The van der Waals surface area contributed by atoms with Crippen LogP contribution in [0.4, 0.5) is 0 Å². The molecule has 0 bridgehead atoms. The van der Waals surface area contributed by atoms with Gasteiger partial charge in [0.25, 0.3) is 0 Å². The summed E-state index contributed by atoms with van der Waals surface area (Å²) in [7, 11) is 2.18. The Balaban J connectivity index is 1.71. The summed E-state index contributed by atoms with van der Waals surface area (Å²) in [6, 6.07) is 0. The zero-order valence-corrected chi connectivity index (χ0v) is 9.83. The molecule has 1 aliphatic heterocycles. The van der Waals surface area contributed by atoms with Crippen LogP contribution in [0.5, 0.6) is 0 Å². The second kappa shape index (κ2) is 4.52. The number of amides is 1. The van der Waals surface area contributed by atoms with Crippen molar-refractivity contribution in [3.8, 4) is 0 Å². The lowest BCUT2D eigenvalue weighted by Gasteiger charge is -2.34. The number of nitrogens with one attached hydrogen (secondary N) is 1. The quantitative estimate of drug-likeness (QED) is 0.756. The molecule has 0 aromatic carbocycles. The molecule has 1 aliphatic carbocycles. The molecule has 0 radical (unpaired) electrons. The second-order valence-corrected chi connectivity index (χ2v) is 5.31. The van der Waals surface area contributed by atoms with Crippen molar-refractivity contribution in [2.75, 3.05) is 26.7 Å². The van der Waals surface area contributed by atoms with Gasteiger partial charge >= 0.3 is 0 Å². The van der Waals surface area contributed by atoms with Crippen molar-refractivity contribution in [3.63, 3.8) is 0 Å². The first-order valence-electron chi connectivity index (χ1n) is 6.13. The van der Waals surface area contributed by atoms with E-state index in [1.165, 1.54) is 19.5 Å². The van der Waals surface area contributed by atoms with Gasteiger partial charge in [0, 0.05) is 19.0 Å². The summed E-state index contributed by atoms with van der Waals surface area (Å²) >= 11 is 0. The number of piperidine rings is 1. The van der Waals surface area contributed by atoms with Crippen molar-refractivity contribution in [1.82, 2.24) is 10.2 Å². The van der Waals surface area contributed by atoms with Gasteiger partial charge in [-0.3, -0.25) is 4.79 Å². The Kier molecular flexibility index (Phi) is 3.29. The molecule has 1 saturated heterocycles. The largest absolute Gasteiger partial charge is 0.356 e. The van der Waals surface area contributed by atoms with Gasteiger partial charge < -0.3 is 10.2 Å². The van der Waals surface area contributed by atoms with Crippen LogP contribution in [-0.2, 0) is 4.79 Å². The molecular weight excluding hydrogens is 188 g/mol. The van der Waals surface area contributed by atoms with E-state index in [1.807, 2.05) is 0 Å². The smallest absolute Gasteiger partial charge is 0.223 e. The monoisotopic (exact) mass is 210 g/mol. The first-order valence-corrected chi connectivity index (χ1v) is 6.13. The minimum atomic E-state index is 0.293. The summed E-state index contributed by atoms with van der Waals surface area (Å²) in [5.74, 6) is 2.04. The van der Waals surface area contributed by atoms with Crippen LogP contribution in [0.25, 0.3) is 0 Å². The van der Waals surface area contributed by atoms with Gasteiger partial charge in [-0.05, 0) is 44.7 Å². The van der Waals surface area contributed by atoms with Crippen molar-refractivity contribution in [1.29, 1.82) is 0 Å². The third-order valence-corrected chi connectivity index (χ3v) is 3.77. The summed E-state index contributed by atoms with van der Waals surface area (Å²) in [6.45, 7) is 5.53. The van der Waals surface area contributed by atoms with Crippen molar-refractivity contribution in [2.24, 2.45) is 17.8 Å². The van der Waals surface area contributed by atoms with Crippen LogP contribution in [0.3, 0.4) is 0 Å². The highest BCUT2D eigenvalue weighted by Gasteiger charge is 2.31. The van der Waals surface area contributed by atoms with Gasteiger partial charge in [-0.1, -0.05) is 6.92 Å². The number of nitrogens with zero attached hydrogens (tertiary/aromatic N) is 1. The molecule has 2 aliphatic rings. The molecule has 2 unspecified atom stereocenters. The van der Waals surface area contributed by atoms with E-state index in [-0.39, 0.29) is 0 Å². The maximum atomic E-state index is 11.5. The average molecular weight is 210 g/mol. The van der Waals surface area contributed by atoms with E-state index in [2.05, 4.69) is 24.2 Å². The highest BCUT2D eigenvalue weighted by atomic mass is 16.2. The first kappa shape index (κ1) is 10.9. The van der Waals surface area contributed by atoms with Gasteiger partial charge in [0.15, 0.2) is 0 Å². The van der Waals surface area contributed by atoms with Crippen molar-refractivity contribution in [2.45, 2.75) is 26.2 Å². The minimum absolute atomic E-state index is 0.293. The summed E-state index contributed by atoms with van der Waals surface area (Å²) in [5, 5.41) is 3.10. The number of likely N-dealkylation sites (tertiary alicyclic amines) is 1. The van der Waals surface area contributed by atoms with Gasteiger partial charge in [-0.25, -0.2) is 0 Å². The molecule has 1 N–H and O–H groups in total. The van der Waals surface area contributed by atoms with E-state index in [0.717, 1.165) is 19.4 Å². The van der Waals surface area contributed by atoms with Gasteiger partial charge in [0.2, 0.25) is 5.91 Å². The van der Waals surface area contributed by atoms with Crippen molar-refractivity contribution in [3.05, 3.63) is 0 Å². The molecule has 1 saturated carbocycles. The predicted molar refractivity (Wildman–Crippen MR) is 60.5 cm³/mol. The topological polar surface area (TPSA) is 32.3 Å². The van der Waals surface area contributed by atoms with Crippen LogP contribution in [-0.4, -0.2) is 37.5 Å². The van der Waals surface area contributed by atoms with Gasteiger partial charge in [0.05, 0.1) is 0 Å². The molecule has 86 valence electrons. The lowest BCUT2D eigenvalue weighted by molar-refractivity contribution is -0.122. The molecule has 0 aromatic rings. The Morgan fingerprint density at radius 1 is 1.40 bits per heavy atom. The number of carbonyl (C=O) groups excluding carboxylic acids is 1. The van der Waals surface area contributed by atoms with Crippen LogP contribution in [0.15, 0.2) is 0 Å². The highest BCUT2D eigenvalue weighted by molar-refractivity contribution is 5.80. The molecule has 0 aromatic heterocycles. The van der Waals surface area contributed by atoms with Crippen LogP contribution >= 0.6 is 0 Å². The van der Waals surface area contributed by atoms with Gasteiger partial charge in [0.1, 0.15) is 0 Å². The summed E-state index contributed by atoms with van der Waals surface area (Å²) in [4.78, 5) is 13.9. The zero-order chi connectivity index (χ0) is 10.8. The van der Waals surface area contributed by atoms with E-state index in [9.17, 15) is 4.79 Å². The summed E-state index contributed by atoms with van der Waals surface area (Å²) < 4.78 is 0. The van der Waals surface area contributed by atoms with Gasteiger partial charge in [-0.15, -0.1) is 0 Å². The maximum Gasteiger partial charge on any atom is 0.223 e. The Hall–Kier alpha value is -0.570. The molecule has 2 atom stereocenters. The Morgan fingerprint density at radius 3 is 2.73 bits per heavy atom. The number of rotatable bonds is 3. The molecule has 3 heteroatoms. The number of carbonyl (C=O) groups is 1. The number of hydrogen-bond donors (Lipinski definition) is 1. The Bertz CT molecular complexity index is 238. The molecular formula is C12H22N2O. The normalized spacial score (nSPS) is 32.7. The van der Waals surface area contributed by atoms with Crippen LogP contribution in [0, 0.1) is 17.8 Å². The molecule has 2 rings (SSSR count). The predicted octanol–water partition coefficient (Wildman–Crippen LogP) is 1.10. The Labute approximate surface area is 92.2 Å². The lowest BCUT2D eigenvalue weighted by atomic mass is 9.87.